The quantitative estimate of drug-likeness (QED) is 0.623. The Hall–Kier alpha value is -1.27. The summed E-state index contributed by atoms with van der Waals surface area (Å²) in [6.45, 7) is 3.67. The Labute approximate surface area is 189 Å². The summed E-state index contributed by atoms with van der Waals surface area (Å²) >= 11 is 1.88. The Kier molecular flexibility index (Phi) is 5.21. The molecule has 2 aromatic heterocycles. The maximum atomic E-state index is 6.39. The van der Waals surface area contributed by atoms with E-state index in [1.165, 1.54) is 49.1 Å². The fourth-order valence-electron chi connectivity index (χ4n) is 6.50. The van der Waals surface area contributed by atoms with Crippen LogP contribution < -0.4 is 5.32 Å². The summed E-state index contributed by atoms with van der Waals surface area (Å²) in [5.74, 6) is 0. The van der Waals surface area contributed by atoms with Crippen LogP contribution in [-0.2, 0) is 20.3 Å². The Morgan fingerprint density at radius 3 is 2.81 bits per heavy atom. The fourth-order valence-corrected chi connectivity index (χ4v) is 7.56. The van der Waals surface area contributed by atoms with Crippen LogP contribution in [0.25, 0.3) is 0 Å². The van der Waals surface area contributed by atoms with Gasteiger partial charge in [-0.25, -0.2) is 0 Å². The second-order valence-corrected chi connectivity index (χ2v) is 11.3. The topological polar surface area (TPSA) is 43.4 Å². The normalized spacial score (nSPS) is 30.5. The number of thiophene rings is 1. The minimum Gasteiger partial charge on any atom is -0.375 e. The van der Waals surface area contributed by atoms with Crippen LogP contribution in [0.5, 0.6) is 0 Å². The fraction of sp³-hybridized carbons (Fsp3) is 0.654. The third-order valence-electron chi connectivity index (χ3n) is 8.46. The van der Waals surface area contributed by atoms with Gasteiger partial charge in [-0.05, 0) is 80.6 Å². The molecule has 1 unspecified atom stereocenters. The lowest BCUT2D eigenvalue weighted by molar-refractivity contribution is -0.104. The minimum atomic E-state index is 0.0900. The van der Waals surface area contributed by atoms with E-state index in [4.69, 9.17) is 14.5 Å². The van der Waals surface area contributed by atoms with Crippen molar-refractivity contribution in [2.24, 2.45) is 0 Å². The van der Waals surface area contributed by atoms with Crippen LogP contribution in [0, 0.1) is 0 Å². The van der Waals surface area contributed by atoms with Gasteiger partial charge in [-0.2, -0.15) is 0 Å². The summed E-state index contributed by atoms with van der Waals surface area (Å²) in [4.78, 5) is 6.30. The molecular formula is C26H34N2O2S. The number of nitrogens with one attached hydrogen (secondary N) is 1. The van der Waals surface area contributed by atoms with Gasteiger partial charge in [-0.3, -0.25) is 4.98 Å². The molecule has 166 valence electrons. The first-order chi connectivity index (χ1) is 15.2. The zero-order valence-electron chi connectivity index (χ0n) is 18.4. The van der Waals surface area contributed by atoms with Crippen LogP contribution in [0.1, 0.15) is 80.0 Å². The van der Waals surface area contributed by atoms with E-state index in [9.17, 15) is 0 Å². The van der Waals surface area contributed by atoms with Gasteiger partial charge in [0.1, 0.15) is 6.10 Å². The van der Waals surface area contributed by atoms with Gasteiger partial charge in [-0.15, -0.1) is 11.3 Å². The molecule has 4 aliphatic rings. The molecule has 0 radical (unpaired) electrons. The molecule has 2 aromatic rings. The predicted octanol–water partition coefficient (Wildman–Crippen LogP) is 5.29. The zero-order valence-corrected chi connectivity index (χ0v) is 19.2. The van der Waals surface area contributed by atoms with Crippen LogP contribution >= 0.6 is 11.3 Å². The third kappa shape index (κ3) is 3.68. The van der Waals surface area contributed by atoms with Crippen LogP contribution in [0.15, 0.2) is 35.8 Å². The number of fused-ring (bicyclic) bond motifs is 2. The molecular weight excluding hydrogens is 404 g/mol. The molecule has 0 aromatic carbocycles. The van der Waals surface area contributed by atoms with E-state index in [1.54, 1.807) is 5.56 Å². The lowest BCUT2D eigenvalue weighted by atomic mass is 9.68. The Balaban J connectivity index is 1.14. The lowest BCUT2D eigenvalue weighted by Crippen LogP contribution is -2.47. The van der Waals surface area contributed by atoms with Crippen molar-refractivity contribution in [2.75, 3.05) is 26.3 Å². The van der Waals surface area contributed by atoms with E-state index in [0.717, 1.165) is 45.6 Å². The van der Waals surface area contributed by atoms with Gasteiger partial charge in [0, 0.05) is 40.7 Å². The molecule has 1 N–H and O–H groups in total. The van der Waals surface area contributed by atoms with Gasteiger partial charge < -0.3 is 14.8 Å². The molecule has 4 nitrogen and oxygen atoms in total. The molecule has 5 heteroatoms. The highest BCUT2D eigenvalue weighted by Gasteiger charge is 2.50. The number of hydrogen-bond donors (Lipinski definition) is 1. The van der Waals surface area contributed by atoms with Crippen LogP contribution in [0.2, 0.25) is 0 Å². The van der Waals surface area contributed by atoms with Gasteiger partial charge in [-0.1, -0.05) is 18.9 Å². The lowest BCUT2D eigenvalue weighted by Gasteiger charge is -2.46. The first-order valence-electron chi connectivity index (χ1n) is 12.2. The van der Waals surface area contributed by atoms with Crippen molar-refractivity contribution in [3.05, 3.63) is 52.0 Å². The summed E-state index contributed by atoms with van der Waals surface area (Å²) in [6.07, 6.45) is 13.1. The zero-order chi connectivity index (χ0) is 20.8. The molecule has 2 aliphatic heterocycles. The first kappa shape index (κ1) is 20.3. The van der Waals surface area contributed by atoms with Gasteiger partial charge in [0.2, 0.25) is 0 Å². The summed E-state index contributed by atoms with van der Waals surface area (Å²) < 4.78 is 12.7. The average Bonchev–Trinajstić information content (AvgIpc) is 3.18. The van der Waals surface area contributed by atoms with Gasteiger partial charge in [0.05, 0.1) is 12.2 Å². The maximum absolute atomic E-state index is 6.39. The van der Waals surface area contributed by atoms with E-state index in [-0.39, 0.29) is 17.1 Å². The maximum Gasteiger partial charge on any atom is 0.104 e. The number of aromatic nitrogens is 1. The Morgan fingerprint density at radius 2 is 2.00 bits per heavy atom. The van der Waals surface area contributed by atoms with Crippen molar-refractivity contribution < 1.29 is 9.47 Å². The van der Waals surface area contributed by atoms with Crippen molar-refractivity contribution >= 4 is 11.3 Å². The van der Waals surface area contributed by atoms with Gasteiger partial charge >= 0.3 is 0 Å². The van der Waals surface area contributed by atoms with Crippen LogP contribution in [0.4, 0.5) is 0 Å². The van der Waals surface area contributed by atoms with E-state index in [2.05, 4.69) is 28.9 Å². The highest BCUT2D eigenvalue weighted by Crippen LogP contribution is 2.55. The largest absolute Gasteiger partial charge is 0.375 e. The molecule has 6 rings (SSSR count). The average molecular weight is 439 g/mol. The molecule has 31 heavy (non-hydrogen) atoms. The van der Waals surface area contributed by atoms with Crippen molar-refractivity contribution in [1.29, 1.82) is 0 Å². The summed E-state index contributed by atoms with van der Waals surface area (Å²) in [5, 5.41) is 6.02. The molecule has 1 saturated heterocycles. The SMILES string of the molecule is c1ccc([C@]2(CCNCC3OCC4(CC4)c4ccsc43)CCOC3(CCCC3)C2)nc1. The number of hydrogen-bond acceptors (Lipinski definition) is 5. The first-order valence-corrected chi connectivity index (χ1v) is 13.1. The number of rotatable bonds is 6. The summed E-state index contributed by atoms with van der Waals surface area (Å²) in [7, 11) is 0. The molecule has 0 amide bonds. The molecule has 4 heterocycles. The summed E-state index contributed by atoms with van der Waals surface area (Å²) in [6, 6.07) is 8.77. The molecule has 3 fully saturated rings. The minimum absolute atomic E-state index is 0.0900. The van der Waals surface area contributed by atoms with E-state index < -0.39 is 0 Å². The van der Waals surface area contributed by atoms with Crippen molar-refractivity contribution in [2.45, 2.75) is 80.3 Å². The number of ether oxygens (including phenoxy) is 2. The molecule has 2 aliphatic carbocycles. The van der Waals surface area contributed by atoms with Gasteiger partial charge in [0.25, 0.3) is 0 Å². The van der Waals surface area contributed by atoms with Crippen molar-refractivity contribution in [3.8, 4) is 0 Å². The molecule has 2 saturated carbocycles. The monoisotopic (exact) mass is 438 g/mol. The van der Waals surface area contributed by atoms with Crippen LogP contribution in [-0.4, -0.2) is 36.9 Å². The van der Waals surface area contributed by atoms with E-state index in [1.807, 2.05) is 23.6 Å². The van der Waals surface area contributed by atoms with Gasteiger partial charge in [0.15, 0.2) is 0 Å². The molecule has 2 atom stereocenters. The smallest absolute Gasteiger partial charge is 0.104 e. The van der Waals surface area contributed by atoms with Crippen LogP contribution in [0.3, 0.4) is 0 Å². The molecule has 0 bridgehead atoms. The predicted molar refractivity (Wildman–Crippen MR) is 124 cm³/mol. The number of nitrogens with zero attached hydrogens (tertiary/aromatic N) is 1. The Morgan fingerprint density at radius 1 is 1.10 bits per heavy atom. The van der Waals surface area contributed by atoms with E-state index >= 15 is 0 Å². The molecule has 2 spiro atoms. The standard InChI is InChI=1S/C26H34N2O2S/c1-4-13-28-22(5-1)24(12-15-30-26(18-24)7-2-3-8-26)11-14-27-17-21-23-20(6-16-31-23)25(9-10-25)19-29-21/h1,4-6,13,16,21,27H,2-3,7-12,14-15,17-19H2/t21?,24-/m1/s1. The number of pyridine rings is 1. The van der Waals surface area contributed by atoms with Crippen molar-refractivity contribution in [3.63, 3.8) is 0 Å². The highest BCUT2D eigenvalue weighted by atomic mass is 32.1. The Bertz CT molecular complexity index is 903. The summed E-state index contributed by atoms with van der Waals surface area (Å²) in [5.41, 5.74) is 3.42. The highest BCUT2D eigenvalue weighted by molar-refractivity contribution is 7.10. The second-order valence-electron chi connectivity index (χ2n) is 10.4. The van der Waals surface area contributed by atoms with Crippen molar-refractivity contribution in [1.82, 2.24) is 10.3 Å². The second kappa shape index (κ2) is 7.95. The third-order valence-corrected chi connectivity index (χ3v) is 9.46. The van der Waals surface area contributed by atoms with E-state index in [0.29, 0.717) is 5.41 Å².